The van der Waals surface area contributed by atoms with E-state index in [4.69, 9.17) is 0 Å². The number of ketones is 1. The summed E-state index contributed by atoms with van der Waals surface area (Å²) in [6, 6.07) is 9.38. The number of rotatable bonds is 8. The molecular weight excluding hydrogens is 356 g/mol. The lowest BCUT2D eigenvalue weighted by molar-refractivity contribution is 0.103. The molecule has 0 radical (unpaired) electrons. The van der Waals surface area contributed by atoms with Gasteiger partial charge in [0, 0.05) is 17.2 Å². The Morgan fingerprint density at radius 2 is 1.75 bits per heavy atom. The highest BCUT2D eigenvalue weighted by Gasteiger charge is 2.23. The molecule has 0 heterocycles. The smallest absolute Gasteiger partial charge is 0.200 e. The molecule has 0 aliphatic heterocycles. The number of carbonyl (C=O) groups is 1. The van der Waals surface area contributed by atoms with Crippen molar-refractivity contribution in [2.24, 2.45) is 0 Å². The molecule has 0 spiro atoms. The van der Waals surface area contributed by atoms with Gasteiger partial charge in [0.1, 0.15) is 22.8 Å². The fourth-order valence-corrected chi connectivity index (χ4v) is 2.83. The average Bonchev–Trinajstić information content (AvgIpc) is 2.66. The zero-order valence-corrected chi connectivity index (χ0v) is 16.1. The van der Waals surface area contributed by atoms with Crippen LogP contribution >= 0.6 is 0 Å². The van der Waals surface area contributed by atoms with Crippen molar-refractivity contribution >= 4 is 5.78 Å². The Bertz CT molecular complexity index is 897. The highest BCUT2D eigenvalue weighted by Crippen LogP contribution is 2.39. The third-order valence-corrected chi connectivity index (χ3v) is 4.66. The molecule has 1 atom stereocenters. The summed E-state index contributed by atoms with van der Waals surface area (Å²) in [7, 11) is 0. The molecule has 0 saturated carbocycles. The van der Waals surface area contributed by atoms with Gasteiger partial charge in [0.25, 0.3) is 0 Å². The summed E-state index contributed by atoms with van der Waals surface area (Å²) in [5.74, 6) is -1.72. The first kappa shape index (κ1) is 21.3. The Morgan fingerprint density at radius 3 is 2.36 bits per heavy atom. The molecule has 2 aromatic carbocycles. The number of aromatic hydroxyl groups is 3. The van der Waals surface area contributed by atoms with Gasteiger partial charge in [-0.1, -0.05) is 54.1 Å². The first-order valence-corrected chi connectivity index (χ1v) is 9.08. The van der Waals surface area contributed by atoms with E-state index in [1.165, 1.54) is 0 Å². The van der Waals surface area contributed by atoms with E-state index in [-0.39, 0.29) is 23.3 Å². The average molecular weight is 382 g/mol. The second-order valence-corrected chi connectivity index (χ2v) is 6.97. The van der Waals surface area contributed by atoms with E-state index in [0.717, 1.165) is 11.6 Å². The fourth-order valence-electron chi connectivity index (χ4n) is 2.83. The quantitative estimate of drug-likeness (QED) is 0.404. The van der Waals surface area contributed by atoms with Crippen LogP contribution in [0, 0.1) is 0 Å². The number of carbonyl (C=O) groups excluding carboxylic acids is 1. The van der Waals surface area contributed by atoms with Gasteiger partial charge in [0.05, 0.1) is 6.10 Å². The molecule has 0 amide bonds. The molecule has 148 valence electrons. The number of hydrogen-bond donors (Lipinski definition) is 4. The van der Waals surface area contributed by atoms with Gasteiger partial charge in [-0.2, -0.15) is 0 Å². The Morgan fingerprint density at radius 1 is 1.11 bits per heavy atom. The van der Waals surface area contributed by atoms with E-state index in [9.17, 15) is 25.2 Å². The Labute approximate surface area is 164 Å². The molecule has 0 fully saturated rings. The van der Waals surface area contributed by atoms with Gasteiger partial charge in [0.2, 0.25) is 5.78 Å². The lowest BCUT2D eigenvalue weighted by Crippen LogP contribution is -2.07. The molecule has 0 aromatic heterocycles. The predicted molar refractivity (Wildman–Crippen MR) is 109 cm³/mol. The van der Waals surface area contributed by atoms with Gasteiger partial charge in [-0.25, -0.2) is 0 Å². The van der Waals surface area contributed by atoms with E-state index in [1.54, 1.807) is 37.3 Å². The third-order valence-electron chi connectivity index (χ3n) is 4.66. The largest absolute Gasteiger partial charge is 0.507 e. The molecule has 0 aliphatic carbocycles. The zero-order chi connectivity index (χ0) is 20.8. The number of phenols is 3. The highest BCUT2D eigenvalue weighted by molar-refractivity contribution is 6.12. The minimum absolute atomic E-state index is 0.164. The van der Waals surface area contributed by atoms with Crippen molar-refractivity contribution in [2.75, 3.05) is 0 Å². The summed E-state index contributed by atoms with van der Waals surface area (Å²) in [6.45, 7) is 7.37. The van der Waals surface area contributed by atoms with Gasteiger partial charge in [-0.05, 0) is 33.1 Å². The maximum atomic E-state index is 12.7. The molecule has 5 heteroatoms. The summed E-state index contributed by atoms with van der Waals surface area (Å²) >= 11 is 0. The van der Waals surface area contributed by atoms with Gasteiger partial charge >= 0.3 is 0 Å². The number of aliphatic hydroxyl groups is 1. The summed E-state index contributed by atoms with van der Waals surface area (Å²) in [4.78, 5) is 12.7. The van der Waals surface area contributed by atoms with Crippen LogP contribution in [-0.2, 0) is 6.42 Å². The molecule has 0 unspecified atom stereocenters. The van der Waals surface area contributed by atoms with Crippen LogP contribution < -0.4 is 0 Å². The van der Waals surface area contributed by atoms with Crippen LogP contribution in [0.4, 0.5) is 0 Å². The van der Waals surface area contributed by atoms with Crippen LogP contribution in [0.25, 0.3) is 0 Å². The third kappa shape index (κ3) is 5.02. The van der Waals surface area contributed by atoms with Crippen molar-refractivity contribution in [3.8, 4) is 17.2 Å². The summed E-state index contributed by atoms with van der Waals surface area (Å²) in [5.41, 5.74) is 1.92. The van der Waals surface area contributed by atoms with Crippen LogP contribution in [0.2, 0.25) is 0 Å². The summed E-state index contributed by atoms with van der Waals surface area (Å²) in [5, 5.41) is 40.6. The van der Waals surface area contributed by atoms with E-state index in [0.29, 0.717) is 24.0 Å². The minimum atomic E-state index is -0.575. The number of phenolic OH excluding ortho intramolecular Hbond substituents is 3. The van der Waals surface area contributed by atoms with Crippen molar-refractivity contribution in [3.63, 3.8) is 0 Å². The molecule has 0 saturated heterocycles. The molecule has 2 rings (SSSR count). The number of benzene rings is 2. The number of allylic oxidation sites excluding steroid dienone is 2. The van der Waals surface area contributed by atoms with Gasteiger partial charge < -0.3 is 20.4 Å². The molecule has 4 N–H and O–H groups in total. The van der Waals surface area contributed by atoms with Crippen LogP contribution in [0.15, 0.2) is 60.2 Å². The topological polar surface area (TPSA) is 98.0 Å². The highest BCUT2D eigenvalue weighted by atomic mass is 16.3. The lowest BCUT2D eigenvalue weighted by Gasteiger charge is -2.13. The zero-order valence-electron chi connectivity index (χ0n) is 16.1. The summed E-state index contributed by atoms with van der Waals surface area (Å²) < 4.78 is 0. The first-order chi connectivity index (χ1) is 13.2. The molecule has 5 nitrogen and oxygen atoms in total. The van der Waals surface area contributed by atoms with E-state index in [2.05, 4.69) is 6.58 Å². The molecule has 0 aliphatic rings. The Kier molecular flexibility index (Phi) is 7.01. The normalized spacial score (nSPS) is 12.6. The molecular formula is C23H26O5. The van der Waals surface area contributed by atoms with Crippen LogP contribution in [-0.4, -0.2) is 32.3 Å². The van der Waals surface area contributed by atoms with Crippen LogP contribution in [0.1, 0.15) is 48.2 Å². The monoisotopic (exact) mass is 382 g/mol. The van der Waals surface area contributed by atoms with Crippen molar-refractivity contribution < 1.29 is 25.2 Å². The SMILES string of the molecule is C=C(C)[C@H](O)CCC(C)=CCc1c(O)cc(O)c(C(=O)c2ccccc2)c1O. The predicted octanol–water partition coefficient (Wildman–Crippen LogP) is 4.24. The number of aliphatic hydroxyl groups excluding tert-OH is 1. The maximum Gasteiger partial charge on any atom is 0.200 e. The van der Waals surface area contributed by atoms with Gasteiger partial charge in [-0.3, -0.25) is 4.79 Å². The maximum absolute atomic E-state index is 12.7. The lowest BCUT2D eigenvalue weighted by atomic mass is 9.96. The molecule has 28 heavy (non-hydrogen) atoms. The van der Waals surface area contributed by atoms with Crippen molar-refractivity contribution in [1.82, 2.24) is 0 Å². The minimum Gasteiger partial charge on any atom is -0.507 e. The Balaban J connectivity index is 2.27. The summed E-state index contributed by atoms with van der Waals surface area (Å²) in [6.07, 6.45) is 2.58. The van der Waals surface area contributed by atoms with E-state index >= 15 is 0 Å². The first-order valence-electron chi connectivity index (χ1n) is 9.08. The van der Waals surface area contributed by atoms with E-state index < -0.39 is 23.4 Å². The van der Waals surface area contributed by atoms with Crippen molar-refractivity contribution in [2.45, 2.75) is 39.2 Å². The van der Waals surface area contributed by atoms with Crippen molar-refractivity contribution in [1.29, 1.82) is 0 Å². The van der Waals surface area contributed by atoms with E-state index in [1.807, 2.05) is 13.0 Å². The van der Waals surface area contributed by atoms with Gasteiger partial charge in [0.15, 0.2) is 0 Å². The number of hydrogen-bond acceptors (Lipinski definition) is 5. The Hall–Kier alpha value is -3.05. The van der Waals surface area contributed by atoms with Gasteiger partial charge in [-0.15, -0.1) is 0 Å². The fraction of sp³-hybridized carbons (Fsp3) is 0.261. The molecule has 0 bridgehead atoms. The van der Waals surface area contributed by atoms with Crippen LogP contribution in [0.3, 0.4) is 0 Å². The standard InChI is InChI=1S/C23H26O5/c1-14(2)18(24)12-10-15(3)9-11-17-19(25)13-20(26)21(23(17)28)22(27)16-7-5-4-6-8-16/h4-9,13,18,24-26,28H,1,10-12H2,2-3H3/t18-/m1/s1. The van der Waals surface area contributed by atoms with Crippen molar-refractivity contribution in [3.05, 3.63) is 76.9 Å². The molecule has 2 aromatic rings. The van der Waals surface area contributed by atoms with Crippen LogP contribution in [0.5, 0.6) is 17.2 Å². The second kappa shape index (κ2) is 9.24. The second-order valence-electron chi connectivity index (χ2n) is 6.97.